The molecule has 0 aromatic heterocycles. The molecule has 0 aliphatic heterocycles. The monoisotopic (exact) mass is 252 g/mol. The van der Waals surface area contributed by atoms with Crippen molar-refractivity contribution in [3.05, 3.63) is 28.3 Å². The van der Waals surface area contributed by atoms with Crippen LogP contribution in [0.4, 0.5) is 11.4 Å². The van der Waals surface area contributed by atoms with Gasteiger partial charge in [-0.05, 0) is 12.5 Å². The Hall–Kier alpha value is -2.11. The number of benzene rings is 1. The van der Waals surface area contributed by atoms with Gasteiger partial charge in [-0.3, -0.25) is 14.9 Å². The number of carbonyl (C=O) groups is 1. The summed E-state index contributed by atoms with van der Waals surface area (Å²) in [7, 11) is 1.56. The fourth-order valence-electron chi connectivity index (χ4n) is 1.39. The average molecular weight is 252 g/mol. The molecule has 0 spiro atoms. The van der Waals surface area contributed by atoms with E-state index >= 15 is 0 Å². The number of nitrogens with zero attached hydrogens (tertiary/aromatic N) is 2. The Kier molecular flexibility index (Phi) is 4.65. The first kappa shape index (κ1) is 14.0. The maximum Gasteiger partial charge on any atom is 0.271 e. The molecule has 0 aliphatic carbocycles. The molecule has 6 nitrogen and oxygen atoms in total. The van der Waals surface area contributed by atoms with Crippen molar-refractivity contribution in [3.63, 3.8) is 0 Å². The van der Waals surface area contributed by atoms with Gasteiger partial charge in [0, 0.05) is 26.1 Å². The second-order valence-electron chi connectivity index (χ2n) is 3.84. The van der Waals surface area contributed by atoms with Gasteiger partial charge in [0.15, 0.2) is 0 Å². The van der Waals surface area contributed by atoms with Crippen molar-refractivity contribution in [1.29, 1.82) is 0 Å². The van der Waals surface area contributed by atoms with Crippen LogP contribution in [0.5, 0.6) is 5.75 Å². The number of hydrogen-bond donors (Lipinski definition) is 0. The van der Waals surface area contributed by atoms with Crippen molar-refractivity contribution >= 4 is 17.3 Å². The summed E-state index contributed by atoms with van der Waals surface area (Å²) in [6.07, 6.45) is 0.820. The van der Waals surface area contributed by atoms with Gasteiger partial charge in [0.2, 0.25) is 5.91 Å². The molecule has 0 fully saturated rings. The maximum absolute atomic E-state index is 11.4. The van der Waals surface area contributed by atoms with Gasteiger partial charge in [0.05, 0.1) is 17.2 Å². The zero-order valence-electron chi connectivity index (χ0n) is 10.7. The van der Waals surface area contributed by atoms with Crippen LogP contribution in [-0.4, -0.2) is 24.5 Å². The highest BCUT2D eigenvalue weighted by Crippen LogP contribution is 2.31. The van der Waals surface area contributed by atoms with Crippen molar-refractivity contribution in [2.24, 2.45) is 0 Å². The molecule has 18 heavy (non-hydrogen) atoms. The molecule has 6 heteroatoms. The van der Waals surface area contributed by atoms with E-state index in [4.69, 9.17) is 4.74 Å². The Balaban J connectivity index is 3.17. The summed E-state index contributed by atoms with van der Waals surface area (Å²) in [6, 6.07) is 4.22. The number of carbonyl (C=O) groups excluding carboxylic acids is 1. The summed E-state index contributed by atoms with van der Waals surface area (Å²) < 4.78 is 5.48. The summed E-state index contributed by atoms with van der Waals surface area (Å²) >= 11 is 0. The van der Waals surface area contributed by atoms with Gasteiger partial charge in [-0.25, -0.2) is 0 Å². The fourth-order valence-corrected chi connectivity index (χ4v) is 1.39. The number of nitro groups is 1. The van der Waals surface area contributed by atoms with Gasteiger partial charge in [-0.1, -0.05) is 6.92 Å². The molecule has 0 saturated carbocycles. The van der Waals surface area contributed by atoms with Gasteiger partial charge in [0.25, 0.3) is 5.69 Å². The smallest absolute Gasteiger partial charge is 0.271 e. The lowest BCUT2D eigenvalue weighted by molar-refractivity contribution is -0.384. The van der Waals surface area contributed by atoms with Crippen LogP contribution < -0.4 is 9.64 Å². The predicted molar refractivity (Wildman–Crippen MR) is 68.0 cm³/mol. The Morgan fingerprint density at radius 3 is 2.67 bits per heavy atom. The molecule has 1 aromatic carbocycles. The van der Waals surface area contributed by atoms with E-state index in [0.29, 0.717) is 18.0 Å². The summed E-state index contributed by atoms with van der Waals surface area (Å²) in [6.45, 7) is 3.85. The predicted octanol–water partition coefficient (Wildman–Crippen LogP) is 2.37. The molecule has 1 amide bonds. The summed E-state index contributed by atoms with van der Waals surface area (Å²) in [4.78, 5) is 22.9. The molecule has 0 N–H and O–H groups in total. The molecule has 0 heterocycles. The van der Waals surface area contributed by atoms with Crippen LogP contribution in [0.25, 0.3) is 0 Å². The van der Waals surface area contributed by atoms with Crippen LogP contribution in [0.15, 0.2) is 18.2 Å². The molecule has 0 bridgehead atoms. The number of rotatable bonds is 5. The number of nitro benzene ring substituents is 1. The highest BCUT2D eigenvalue weighted by molar-refractivity contribution is 5.93. The van der Waals surface area contributed by atoms with E-state index < -0.39 is 4.92 Å². The Labute approximate surface area is 105 Å². The minimum absolute atomic E-state index is 0.0676. The highest BCUT2D eigenvalue weighted by atomic mass is 16.6. The van der Waals surface area contributed by atoms with Crippen LogP contribution >= 0.6 is 0 Å². The average Bonchev–Trinajstić information content (AvgIpc) is 2.34. The van der Waals surface area contributed by atoms with Crippen molar-refractivity contribution in [2.75, 3.05) is 18.6 Å². The number of ether oxygens (including phenoxy) is 1. The van der Waals surface area contributed by atoms with Crippen LogP contribution in [0, 0.1) is 10.1 Å². The van der Waals surface area contributed by atoms with Crippen molar-refractivity contribution < 1.29 is 14.5 Å². The van der Waals surface area contributed by atoms with E-state index in [1.165, 1.54) is 30.0 Å². The second kappa shape index (κ2) is 6.00. The van der Waals surface area contributed by atoms with Crippen LogP contribution in [0.3, 0.4) is 0 Å². The zero-order chi connectivity index (χ0) is 13.7. The van der Waals surface area contributed by atoms with E-state index in [9.17, 15) is 14.9 Å². The Morgan fingerprint density at radius 2 is 2.17 bits per heavy atom. The molecule has 0 atom stereocenters. The molecule has 1 aromatic rings. The number of amides is 1. The molecule has 98 valence electrons. The van der Waals surface area contributed by atoms with E-state index in [-0.39, 0.29) is 11.6 Å². The van der Waals surface area contributed by atoms with Crippen molar-refractivity contribution in [1.82, 2.24) is 0 Å². The molecular weight excluding hydrogens is 236 g/mol. The Bertz CT molecular complexity index is 459. The van der Waals surface area contributed by atoms with Crippen LogP contribution in [0.1, 0.15) is 20.3 Å². The fraction of sp³-hybridized carbons (Fsp3) is 0.417. The third kappa shape index (κ3) is 3.19. The molecule has 0 aliphatic rings. The van der Waals surface area contributed by atoms with Gasteiger partial charge in [-0.2, -0.15) is 0 Å². The summed E-state index contributed by atoms with van der Waals surface area (Å²) in [5.41, 5.74) is 0.340. The molecule has 1 rings (SSSR count). The van der Waals surface area contributed by atoms with Crippen molar-refractivity contribution in [3.8, 4) is 5.75 Å². The second-order valence-corrected chi connectivity index (χ2v) is 3.84. The molecule has 0 unspecified atom stereocenters. The summed E-state index contributed by atoms with van der Waals surface area (Å²) in [5.74, 6) is 0.261. The van der Waals surface area contributed by atoms with E-state index in [2.05, 4.69) is 0 Å². The quantitative estimate of drug-likeness (QED) is 0.595. The minimum atomic E-state index is -0.499. The minimum Gasteiger partial charge on any atom is -0.491 e. The lowest BCUT2D eigenvalue weighted by atomic mass is 10.2. The molecular formula is C12H16N2O4. The molecule has 0 radical (unpaired) electrons. The highest BCUT2D eigenvalue weighted by Gasteiger charge is 2.17. The first-order valence-electron chi connectivity index (χ1n) is 5.63. The first-order valence-corrected chi connectivity index (χ1v) is 5.63. The third-order valence-corrected chi connectivity index (χ3v) is 2.45. The van der Waals surface area contributed by atoms with Crippen molar-refractivity contribution in [2.45, 2.75) is 20.3 Å². The summed E-state index contributed by atoms with van der Waals surface area (Å²) in [5, 5.41) is 10.7. The van der Waals surface area contributed by atoms with Gasteiger partial charge >= 0.3 is 0 Å². The largest absolute Gasteiger partial charge is 0.491 e. The normalized spacial score (nSPS) is 9.94. The SMILES string of the molecule is CCCOc1ccc([N+](=O)[O-])cc1N(C)C(C)=O. The van der Waals surface area contributed by atoms with E-state index in [0.717, 1.165) is 6.42 Å². The standard InChI is InChI=1S/C12H16N2O4/c1-4-7-18-12-6-5-10(14(16)17)8-11(12)13(3)9(2)15/h5-6,8H,4,7H2,1-3H3. The molecule has 0 saturated heterocycles. The van der Waals surface area contributed by atoms with Gasteiger partial charge in [-0.15, -0.1) is 0 Å². The van der Waals surface area contributed by atoms with Crippen LogP contribution in [-0.2, 0) is 4.79 Å². The first-order chi connectivity index (χ1) is 8.47. The topological polar surface area (TPSA) is 72.7 Å². The zero-order valence-corrected chi connectivity index (χ0v) is 10.7. The van der Waals surface area contributed by atoms with E-state index in [1.807, 2.05) is 6.92 Å². The Morgan fingerprint density at radius 1 is 1.50 bits per heavy atom. The maximum atomic E-state index is 11.4. The van der Waals surface area contributed by atoms with E-state index in [1.54, 1.807) is 7.05 Å². The number of anilines is 1. The number of hydrogen-bond acceptors (Lipinski definition) is 4. The van der Waals surface area contributed by atoms with Gasteiger partial charge < -0.3 is 9.64 Å². The lowest BCUT2D eigenvalue weighted by Crippen LogP contribution is -2.23. The third-order valence-electron chi connectivity index (χ3n) is 2.45. The lowest BCUT2D eigenvalue weighted by Gasteiger charge is -2.18. The number of non-ortho nitro benzene ring substituents is 1. The van der Waals surface area contributed by atoms with Crippen LogP contribution in [0.2, 0.25) is 0 Å². The van der Waals surface area contributed by atoms with Gasteiger partial charge in [0.1, 0.15) is 5.75 Å².